The van der Waals surface area contributed by atoms with Gasteiger partial charge in [-0.25, -0.2) is 8.42 Å². The second-order valence-corrected chi connectivity index (χ2v) is 8.26. The molecular weight excluding hydrogens is 328 g/mol. The molecule has 1 saturated carbocycles. The zero-order chi connectivity index (χ0) is 17.2. The lowest BCUT2D eigenvalue weighted by molar-refractivity contribution is -0.120. The molecule has 0 unspecified atom stereocenters. The van der Waals surface area contributed by atoms with E-state index < -0.39 is 15.9 Å². The van der Waals surface area contributed by atoms with E-state index in [1.807, 2.05) is 6.07 Å². The molecule has 1 amide bonds. The minimum Gasteiger partial charge on any atom is -0.381 e. The van der Waals surface area contributed by atoms with E-state index in [-0.39, 0.29) is 23.5 Å². The van der Waals surface area contributed by atoms with Crippen molar-refractivity contribution < 1.29 is 17.9 Å². The summed E-state index contributed by atoms with van der Waals surface area (Å²) in [6, 6.07) is 9.19. The first-order chi connectivity index (χ1) is 11.5. The van der Waals surface area contributed by atoms with Crippen LogP contribution in [-0.4, -0.2) is 33.3 Å². The Morgan fingerprint density at radius 3 is 2.79 bits per heavy atom. The summed E-state index contributed by atoms with van der Waals surface area (Å²) in [5.41, 5.74) is 1.46. The topological polar surface area (TPSA) is 96.3 Å². The van der Waals surface area contributed by atoms with Gasteiger partial charge in [-0.2, -0.15) is 5.26 Å². The number of nitrogens with one attached hydrogen (secondary N) is 1. The van der Waals surface area contributed by atoms with E-state index in [1.165, 1.54) is 0 Å². The molecule has 0 radical (unpaired) electrons. The van der Waals surface area contributed by atoms with Crippen LogP contribution in [0.25, 0.3) is 0 Å². The number of hydrogen-bond donors (Lipinski definition) is 1. The SMILES string of the molecule is N#Cc1cccc([C@@H]2C[C@@H]2C(=O)NS(=O)(=O)CC2CCOCC2)c1. The number of hydrogen-bond acceptors (Lipinski definition) is 5. The smallest absolute Gasteiger partial charge is 0.237 e. The van der Waals surface area contributed by atoms with E-state index in [2.05, 4.69) is 10.8 Å². The molecular formula is C17H20N2O4S. The summed E-state index contributed by atoms with van der Waals surface area (Å²) in [6.07, 6.45) is 2.04. The van der Waals surface area contributed by atoms with Gasteiger partial charge in [0.1, 0.15) is 0 Å². The van der Waals surface area contributed by atoms with Crippen molar-refractivity contribution in [2.24, 2.45) is 11.8 Å². The quantitative estimate of drug-likeness (QED) is 0.870. The third-order valence-corrected chi connectivity index (χ3v) is 6.05. The van der Waals surface area contributed by atoms with Gasteiger partial charge in [-0.05, 0) is 48.8 Å². The van der Waals surface area contributed by atoms with Gasteiger partial charge in [0.15, 0.2) is 0 Å². The van der Waals surface area contributed by atoms with Crippen molar-refractivity contribution in [1.29, 1.82) is 5.26 Å². The van der Waals surface area contributed by atoms with Crippen LogP contribution in [0.5, 0.6) is 0 Å². The molecule has 0 bridgehead atoms. The Morgan fingerprint density at radius 1 is 1.33 bits per heavy atom. The van der Waals surface area contributed by atoms with Gasteiger partial charge in [0.25, 0.3) is 0 Å². The average molecular weight is 348 g/mol. The highest BCUT2D eigenvalue weighted by Gasteiger charge is 2.45. The van der Waals surface area contributed by atoms with E-state index >= 15 is 0 Å². The van der Waals surface area contributed by atoms with E-state index in [0.29, 0.717) is 38.0 Å². The Hall–Kier alpha value is -1.91. The van der Waals surface area contributed by atoms with Crippen LogP contribution in [0, 0.1) is 23.2 Å². The fourth-order valence-corrected chi connectivity index (χ4v) is 4.68. The molecule has 2 aliphatic rings. The maximum Gasteiger partial charge on any atom is 0.237 e. The van der Waals surface area contributed by atoms with Crippen LogP contribution in [0.3, 0.4) is 0 Å². The lowest BCUT2D eigenvalue weighted by atomic mass is 10.0. The van der Waals surface area contributed by atoms with Crippen molar-refractivity contribution in [1.82, 2.24) is 4.72 Å². The molecule has 1 aliphatic carbocycles. The highest BCUT2D eigenvalue weighted by atomic mass is 32.2. The second kappa shape index (κ2) is 6.91. The first kappa shape index (κ1) is 16.9. The predicted molar refractivity (Wildman–Crippen MR) is 87.5 cm³/mol. The number of carbonyl (C=O) groups excluding carboxylic acids is 1. The molecule has 0 aromatic heterocycles. The first-order valence-corrected chi connectivity index (χ1v) is 9.76. The summed E-state index contributed by atoms with van der Waals surface area (Å²) < 4.78 is 31.8. The van der Waals surface area contributed by atoms with Crippen molar-refractivity contribution in [2.45, 2.75) is 25.2 Å². The fourth-order valence-electron chi connectivity index (χ4n) is 3.19. The molecule has 128 valence electrons. The summed E-state index contributed by atoms with van der Waals surface area (Å²) in [5, 5.41) is 8.93. The van der Waals surface area contributed by atoms with E-state index in [4.69, 9.17) is 10.00 Å². The molecule has 1 aliphatic heterocycles. The molecule has 2 atom stereocenters. The normalized spacial score (nSPS) is 24.1. The Kier molecular flexibility index (Phi) is 4.88. The minimum absolute atomic E-state index is 0.00317. The molecule has 2 fully saturated rings. The van der Waals surface area contributed by atoms with Gasteiger partial charge >= 0.3 is 0 Å². The van der Waals surface area contributed by atoms with E-state index in [0.717, 1.165) is 5.56 Å². The highest BCUT2D eigenvalue weighted by Crippen LogP contribution is 2.47. The second-order valence-electron chi connectivity index (χ2n) is 6.49. The summed E-state index contributed by atoms with van der Waals surface area (Å²) in [4.78, 5) is 12.2. The summed E-state index contributed by atoms with van der Waals surface area (Å²) in [6.45, 7) is 1.15. The summed E-state index contributed by atoms with van der Waals surface area (Å²) in [5.74, 6) is -0.746. The van der Waals surface area contributed by atoms with Gasteiger partial charge in [0, 0.05) is 19.1 Å². The number of nitrogens with zero attached hydrogens (tertiary/aromatic N) is 1. The van der Waals surface area contributed by atoms with Crippen LogP contribution in [0.1, 0.15) is 36.3 Å². The van der Waals surface area contributed by atoms with Crippen LogP contribution in [0.4, 0.5) is 0 Å². The van der Waals surface area contributed by atoms with Crippen molar-refractivity contribution in [3.8, 4) is 6.07 Å². The van der Waals surface area contributed by atoms with Crippen LogP contribution < -0.4 is 4.72 Å². The number of nitriles is 1. The summed E-state index contributed by atoms with van der Waals surface area (Å²) >= 11 is 0. The molecule has 1 N–H and O–H groups in total. The maximum atomic E-state index is 12.2. The van der Waals surface area contributed by atoms with Crippen LogP contribution in [0.15, 0.2) is 24.3 Å². The number of rotatable bonds is 5. The van der Waals surface area contributed by atoms with E-state index in [1.54, 1.807) is 18.2 Å². The van der Waals surface area contributed by atoms with Gasteiger partial charge < -0.3 is 4.74 Å². The average Bonchev–Trinajstić information content (AvgIpc) is 3.36. The maximum absolute atomic E-state index is 12.2. The molecule has 1 aromatic carbocycles. The molecule has 1 aromatic rings. The molecule has 7 heteroatoms. The third kappa shape index (κ3) is 4.13. The van der Waals surface area contributed by atoms with Crippen molar-refractivity contribution >= 4 is 15.9 Å². The zero-order valence-electron chi connectivity index (χ0n) is 13.3. The summed E-state index contributed by atoms with van der Waals surface area (Å²) in [7, 11) is -3.61. The van der Waals surface area contributed by atoms with Gasteiger partial charge in [-0.15, -0.1) is 0 Å². The largest absolute Gasteiger partial charge is 0.381 e. The molecule has 1 heterocycles. The van der Waals surface area contributed by atoms with E-state index in [9.17, 15) is 13.2 Å². The molecule has 24 heavy (non-hydrogen) atoms. The Labute approximate surface area is 141 Å². The molecule has 0 spiro atoms. The lowest BCUT2D eigenvalue weighted by Crippen LogP contribution is -2.37. The third-order valence-electron chi connectivity index (χ3n) is 4.62. The first-order valence-electron chi connectivity index (χ1n) is 8.10. The molecule has 1 saturated heterocycles. The Morgan fingerprint density at radius 2 is 2.08 bits per heavy atom. The number of benzene rings is 1. The fraction of sp³-hybridized carbons (Fsp3) is 0.529. The monoisotopic (exact) mass is 348 g/mol. The number of sulfonamides is 1. The lowest BCUT2D eigenvalue weighted by Gasteiger charge is -2.21. The minimum atomic E-state index is -3.61. The molecule has 6 nitrogen and oxygen atoms in total. The van der Waals surface area contributed by atoms with Crippen molar-refractivity contribution in [3.63, 3.8) is 0 Å². The van der Waals surface area contributed by atoms with Crippen molar-refractivity contribution in [3.05, 3.63) is 35.4 Å². The van der Waals surface area contributed by atoms with Crippen molar-refractivity contribution in [2.75, 3.05) is 19.0 Å². The van der Waals surface area contributed by atoms with Gasteiger partial charge in [-0.1, -0.05) is 12.1 Å². The number of amides is 1. The predicted octanol–water partition coefficient (Wildman–Crippen LogP) is 1.53. The van der Waals surface area contributed by atoms with Gasteiger partial charge in [-0.3, -0.25) is 9.52 Å². The van der Waals surface area contributed by atoms with Gasteiger partial charge in [0.05, 0.1) is 17.4 Å². The standard InChI is InChI=1S/C17H20N2O4S/c18-10-13-2-1-3-14(8-13)15-9-16(15)17(20)19-24(21,22)11-12-4-6-23-7-5-12/h1-3,8,12,15-16H,4-7,9,11H2,(H,19,20)/t15-,16-/m0/s1. The van der Waals surface area contributed by atoms with Crippen LogP contribution >= 0.6 is 0 Å². The highest BCUT2D eigenvalue weighted by molar-refractivity contribution is 7.90. The number of ether oxygens (including phenoxy) is 1. The van der Waals surface area contributed by atoms with Gasteiger partial charge in [0.2, 0.25) is 15.9 Å². The Balaban J connectivity index is 1.56. The van der Waals surface area contributed by atoms with Crippen LogP contribution in [0.2, 0.25) is 0 Å². The Bertz CT molecular complexity index is 763. The zero-order valence-corrected chi connectivity index (χ0v) is 14.1. The molecule has 3 rings (SSSR count). The van der Waals surface area contributed by atoms with Crippen LogP contribution in [-0.2, 0) is 19.6 Å². The number of carbonyl (C=O) groups is 1.